The number of rotatable bonds is 7. The van der Waals surface area contributed by atoms with Crippen molar-refractivity contribution < 1.29 is 14.6 Å². The zero-order chi connectivity index (χ0) is 14.2. The van der Waals surface area contributed by atoms with Crippen LogP contribution in [0.3, 0.4) is 0 Å². The first-order chi connectivity index (χ1) is 9.79. The molecule has 0 aliphatic heterocycles. The van der Waals surface area contributed by atoms with Crippen LogP contribution in [0.5, 0.6) is 5.75 Å². The molecule has 1 aromatic carbocycles. The number of ether oxygens (including phenoxy) is 2. The number of anilines is 1. The Kier molecular flexibility index (Phi) is 6.15. The summed E-state index contributed by atoms with van der Waals surface area (Å²) in [5, 5.41) is 13.2. The van der Waals surface area contributed by atoms with Gasteiger partial charge in [0.25, 0.3) is 0 Å². The van der Waals surface area contributed by atoms with Crippen molar-refractivity contribution in [1.29, 1.82) is 0 Å². The molecule has 2 N–H and O–H groups in total. The molecule has 0 amide bonds. The zero-order valence-corrected chi connectivity index (χ0v) is 12.2. The maximum absolute atomic E-state index is 9.98. The van der Waals surface area contributed by atoms with Crippen molar-refractivity contribution in [1.82, 2.24) is 0 Å². The number of aliphatic hydroxyl groups excluding tert-OH is 1. The van der Waals surface area contributed by atoms with Crippen molar-refractivity contribution in [2.75, 3.05) is 25.6 Å². The second-order valence-electron chi connectivity index (χ2n) is 5.33. The normalized spacial score (nSPS) is 17.7. The number of hydrogen-bond acceptors (Lipinski definition) is 4. The number of methoxy groups -OCH3 is 1. The van der Waals surface area contributed by atoms with Crippen LogP contribution in [-0.4, -0.2) is 37.6 Å². The van der Waals surface area contributed by atoms with Crippen LogP contribution in [-0.2, 0) is 4.74 Å². The van der Waals surface area contributed by atoms with Crippen LogP contribution in [0.15, 0.2) is 24.3 Å². The Hall–Kier alpha value is -1.26. The highest BCUT2D eigenvalue weighted by atomic mass is 16.5. The average Bonchev–Trinajstić information content (AvgIpc) is 2.52. The third-order valence-corrected chi connectivity index (χ3v) is 3.71. The number of benzene rings is 1. The van der Waals surface area contributed by atoms with E-state index in [1.54, 1.807) is 7.11 Å². The molecular formula is C16H25NO3. The summed E-state index contributed by atoms with van der Waals surface area (Å²) in [6.07, 6.45) is 5.92. The van der Waals surface area contributed by atoms with E-state index in [1.165, 1.54) is 19.3 Å². The van der Waals surface area contributed by atoms with E-state index in [9.17, 15) is 5.11 Å². The molecule has 0 radical (unpaired) electrons. The first kappa shape index (κ1) is 15.1. The monoisotopic (exact) mass is 279 g/mol. The summed E-state index contributed by atoms with van der Waals surface area (Å²) in [4.78, 5) is 0. The van der Waals surface area contributed by atoms with Gasteiger partial charge in [-0.05, 0) is 25.0 Å². The lowest BCUT2D eigenvalue weighted by Gasteiger charge is -2.23. The van der Waals surface area contributed by atoms with E-state index in [1.807, 2.05) is 24.3 Å². The smallest absolute Gasteiger partial charge is 0.141 e. The van der Waals surface area contributed by atoms with Gasteiger partial charge in [-0.15, -0.1) is 0 Å². The van der Waals surface area contributed by atoms with Crippen LogP contribution in [0.25, 0.3) is 0 Å². The highest BCUT2D eigenvalue weighted by Gasteiger charge is 2.15. The summed E-state index contributed by atoms with van der Waals surface area (Å²) in [5.74, 6) is 0.785. The number of para-hydroxylation sites is 2. The number of nitrogens with one attached hydrogen (secondary N) is 1. The first-order valence-corrected chi connectivity index (χ1v) is 7.46. The van der Waals surface area contributed by atoms with Gasteiger partial charge in [-0.1, -0.05) is 31.4 Å². The minimum Gasteiger partial charge on any atom is -0.495 e. The fraction of sp³-hybridized carbons (Fsp3) is 0.625. The van der Waals surface area contributed by atoms with E-state index < -0.39 is 6.10 Å². The fourth-order valence-corrected chi connectivity index (χ4v) is 2.56. The minimum atomic E-state index is -0.498. The highest BCUT2D eigenvalue weighted by Crippen LogP contribution is 2.23. The Balaban J connectivity index is 1.70. The average molecular weight is 279 g/mol. The third-order valence-electron chi connectivity index (χ3n) is 3.71. The van der Waals surface area contributed by atoms with Crippen LogP contribution in [0, 0.1) is 0 Å². The van der Waals surface area contributed by atoms with Gasteiger partial charge in [-0.3, -0.25) is 0 Å². The molecule has 4 heteroatoms. The molecule has 112 valence electrons. The minimum absolute atomic E-state index is 0.338. The van der Waals surface area contributed by atoms with E-state index in [4.69, 9.17) is 9.47 Å². The number of aliphatic hydroxyl groups is 1. The maximum atomic E-state index is 9.98. The summed E-state index contributed by atoms with van der Waals surface area (Å²) >= 11 is 0. The van der Waals surface area contributed by atoms with E-state index in [2.05, 4.69) is 5.32 Å². The van der Waals surface area contributed by atoms with E-state index >= 15 is 0 Å². The molecule has 0 heterocycles. The Morgan fingerprint density at radius 3 is 2.75 bits per heavy atom. The van der Waals surface area contributed by atoms with Crippen LogP contribution < -0.4 is 10.1 Å². The SMILES string of the molecule is COc1ccccc1NCC(O)COC1CCCCC1. The predicted octanol–water partition coefficient (Wildman–Crippen LogP) is 2.82. The summed E-state index contributed by atoms with van der Waals surface area (Å²) < 4.78 is 11.0. The lowest BCUT2D eigenvalue weighted by Crippen LogP contribution is -2.28. The third kappa shape index (κ3) is 4.69. The van der Waals surface area contributed by atoms with E-state index in [0.29, 0.717) is 19.3 Å². The van der Waals surface area contributed by atoms with Gasteiger partial charge < -0.3 is 19.9 Å². The highest BCUT2D eigenvalue weighted by molar-refractivity contribution is 5.56. The second kappa shape index (κ2) is 8.12. The fourth-order valence-electron chi connectivity index (χ4n) is 2.56. The molecule has 1 fully saturated rings. The molecule has 4 nitrogen and oxygen atoms in total. The van der Waals surface area contributed by atoms with Crippen LogP contribution >= 0.6 is 0 Å². The van der Waals surface area contributed by atoms with Crippen LogP contribution in [0.1, 0.15) is 32.1 Å². The van der Waals surface area contributed by atoms with Crippen molar-refractivity contribution in [3.05, 3.63) is 24.3 Å². The van der Waals surface area contributed by atoms with Gasteiger partial charge in [0.15, 0.2) is 0 Å². The molecule has 1 aliphatic carbocycles. The lowest BCUT2D eigenvalue weighted by atomic mass is 9.98. The van der Waals surface area contributed by atoms with Gasteiger partial charge in [0.2, 0.25) is 0 Å². The number of hydrogen-bond donors (Lipinski definition) is 2. The van der Waals surface area contributed by atoms with Gasteiger partial charge in [0.1, 0.15) is 5.75 Å². The molecule has 1 aliphatic rings. The van der Waals surface area contributed by atoms with E-state index in [0.717, 1.165) is 24.3 Å². The molecule has 20 heavy (non-hydrogen) atoms. The second-order valence-corrected chi connectivity index (χ2v) is 5.33. The molecule has 1 unspecified atom stereocenters. The molecule has 0 bridgehead atoms. The van der Waals surface area contributed by atoms with Crippen molar-refractivity contribution in [2.24, 2.45) is 0 Å². The largest absolute Gasteiger partial charge is 0.495 e. The standard InChI is InChI=1S/C16H25NO3/c1-19-16-10-6-5-9-15(16)17-11-13(18)12-20-14-7-3-2-4-8-14/h5-6,9-10,13-14,17-18H,2-4,7-8,11-12H2,1H3. The molecular weight excluding hydrogens is 254 g/mol. The summed E-state index contributed by atoms with van der Waals surface area (Å²) in [5.41, 5.74) is 0.895. The Morgan fingerprint density at radius 2 is 2.00 bits per heavy atom. The Morgan fingerprint density at radius 1 is 1.25 bits per heavy atom. The molecule has 1 aromatic rings. The molecule has 0 spiro atoms. The molecule has 2 rings (SSSR count). The van der Waals surface area contributed by atoms with Gasteiger partial charge in [0.05, 0.1) is 31.6 Å². The van der Waals surface area contributed by atoms with E-state index in [-0.39, 0.29) is 0 Å². The topological polar surface area (TPSA) is 50.7 Å². The Labute approximate surface area is 121 Å². The summed E-state index contributed by atoms with van der Waals surface area (Å²) in [6.45, 7) is 0.861. The maximum Gasteiger partial charge on any atom is 0.141 e. The van der Waals surface area contributed by atoms with Gasteiger partial charge in [0, 0.05) is 6.54 Å². The van der Waals surface area contributed by atoms with Crippen molar-refractivity contribution in [3.8, 4) is 5.75 Å². The molecule has 1 atom stereocenters. The van der Waals surface area contributed by atoms with Gasteiger partial charge in [-0.25, -0.2) is 0 Å². The summed E-state index contributed by atoms with van der Waals surface area (Å²) in [6, 6.07) is 7.70. The lowest BCUT2D eigenvalue weighted by molar-refractivity contribution is -0.0195. The zero-order valence-electron chi connectivity index (χ0n) is 12.2. The molecule has 0 saturated heterocycles. The molecule has 0 aromatic heterocycles. The Bertz CT molecular complexity index is 391. The summed E-state index contributed by atoms with van der Waals surface area (Å²) in [7, 11) is 1.64. The van der Waals surface area contributed by atoms with Crippen molar-refractivity contribution in [3.63, 3.8) is 0 Å². The van der Waals surface area contributed by atoms with Gasteiger partial charge in [-0.2, -0.15) is 0 Å². The quantitative estimate of drug-likeness (QED) is 0.806. The first-order valence-electron chi connectivity index (χ1n) is 7.46. The van der Waals surface area contributed by atoms with Crippen LogP contribution in [0.2, 0.25) is 0 Å². The predicted molar refractivity (Wildman–Crippen MR) is 80.3 cm³/mol. The van der Waals surface area contributed by atoms with Crippen molar-refractivity contribution in [2.45, 2.75) is 44.3 Å². The van der Waals surface area contributed by atoms with Gasteiger partial charge >= 0.3 is 0 Å². The molecule has 1 saturated carbocycles. The van der Waals surface area contributed by atoms with Crippen molar-refractivity contribution >= 4 is 5.69 Å². The van der Waals surface area contributed by atoms with Crippen LogP contribution in [0.4, 0.5) is 5.69 Å².